The summed E-state index contributed by atoms with van der Waals surface area (Å²) in [6, 6.07) is 6.31. The van der Waals surface area contributed by atoms with Crippen LogP contribution in [0.2, 0.25) is 0 Å². The zero-order valence-electron chi connectivity index (χ0n) is 13.7. The van der Waals surface area contributed by atoms with Crippen molar-refractivity contribution >= 4 is 22.5 Å². The van der Waals surface area contributed by atoms with Gasteiger partial charge in [0.1, 0.15) is 5.82 Å². The van der Waals surface area contributed by atoms with Crippen molar-refractivity contribution in [3.63, 3.8) is 0 Å². The number of hydrogen-bond donors (Lipinski definition) is 0. The van der Waals surface area contributed by atoms with E-state index in [2.05, 4.69) is 33.1 Å². The van der Waals surface area contributed by atoms with Gasteiger partial charge in [-0.15, -0.1) is 0 Å². The molecule has 1 atom stereocenters. The third-order valence-electron chi connectivity index (χ3n) is 5.37. The lowest BCUT2D eigenvalue weighted by Crippen LogP contribution is -2.32. The highest BCUT2D eigenvalue weighted by molar-refractivity contribution is 5.90. The summed E-state index contributed by atoms with van der Waals surface area (Å²) in [6.07, 6.45) is 4.17. The van der Waals surface area contributed by atoms with Crippen LogP contribution in [-0.4, -0.2) is 47.0 Å². The van der Waals surface area contributed by atoms with Crippen LogP contribution in [0.5, 0.6) is 0 Å². The maximum Gasteiger partial charge on any atom is 0.219 e. The van der Waals surface area contributed by atoms with Gasteiger partial charge < -0.3 is 9.80 Å². The molecule has 2 saturated heterocycles. The van der Waals surface area contributed by atoms with Crippen LogP contribution in [0, 0.1) is 12.3 Å². The van der Waals surface area contributed by atoms with Gasteiger partial charge in [-0.25, -0.2) is 9.97 Å². The van der Waals surface area contributed by atoms with Gasteiger partial charge in [-0.05, 0) is 25.8 Å². The van der Waals surface area contributed by atoms with Crippen LogP contribution in [-0.2, 0) is 4.79 Å². The Hall–Kier alpha value is -2.17. The van der Waals surface area contributed by atoms with Crippen molar-refractivity contribution in [2.24, 2.45) is 5.41 Å². The highest BCUT2D eigenvalue weighted by Gasteiger charge is 2.44. The minimum Gasteiger partial charge on any atom is -0.369 e. The SMILES string of the molecule is CC(=O)N1CCC2(CCN(c3cccc4cnc(C)nc34)C2)C1. The summed E-state index contributed by atoms with van der Waals surface area (Å²) < 4.78 is 0. The molecule has 1 amide bonds. The smallest absolute Gasteiger partial charge is 0.219 e. The average Bonchev–Trinajstić information content (AvgIpc) is 3.14. The first-order valence-corrected chi connectivity index (χ1v) is 8.29. The average molecular weight is 310 g/mol. The van der Waals surface area contributed by atoms with Gasteiger partial charge in [-0.2, -0.15) is 0 Å². The first kappa shape index (κ1) is 14.4. The van der Waals surface area contributed by atoms with Gasteiger partial charge in [0.25, 0.3) is 0 Å². The van der Waals surface area contributed by atoms with Gasteiger partial charge in [0.05, 0.1) is 11.2 Å². The van der Waals surface area contributed by atoms with Crippen molar-refractivity contribution in [3.8, 4) is 0 Å². The number of fused-ring (bicyclic) bond motifs is 1. The Balaban J connectivity index is 1.64. The molecule has 0 bridgehead atoms. The molecule has 2 fully saturated rings. The van der Waals surface area contributed by atoms with Gasteiger partial charge in [0, 0.05) is 50.1 Å². The van der Waals surface area contributed by atoms with E-state index in [1.165, 1.54) is 5.69 Å². The molecule has 5 nitrogen and oxygen atoms in total. The predicted octanol–water partition coefficient (Wildman–Crippen LogP) is 2.39. The number of carbonyl (C=O) groups is 1. The molecule has 0 N–H and O–H groups in total. The highest BCUT2D eigenvalue weighted by atomic mass is 16.2. The molecule has 5 heteroatoms. The number of nitrogens with zero attached hydrogens (tertiary/aromatic N) is 4. The number of aromatic nitrogens is 2. The lowest BCUT2D eigenvalue weighted by molar-refractivity contribution is -0.128. The number of hydrogen-bond acceptors (Lipinski definition) is 4. The fourth-order valence-electron chi connectivity index (χ4n) is 4.06. The Labute approximate surface area is 136 Å². The van der Waals surface area contributed by atoms with Crippen LogP contribution in [0.1, 0.15) is 25.6 Å². The maximum absolute atomic E-state index is 11.6. The van der Waals surface area contributed by atoms with Crippen LogP contribution in [0.4, 0.5) is 5.69 Å². The van der Waals surface area contributed by atoms with Gasteiger partial charge in [0.2, 0.25) is 5.91 Å². The van der Waals surface area contributed by atoms with Crippen molar-refractivity contribution in [1.29, 1.82) is 0 Å². The van der Waals surface area contributed by atoms with Crippen molar-refractivity contribution in [1.82, 2.24) is 14.9 Å². The molecular formula is C18H22N4O. The Morgan fingerprint density at radius 1 is 1.22 bits per heavy atom. The molecule has 0 radical (unpaired) electrons. The minimum absolute atomic E-state index is 0.203. The lowest BCUT2D eigenvalue weighted by atomic mass is 9.86. The van der Waals surface area contributed by atoms with E-state index in [1.807, 2.05) is 18.0 Å². The molecule has 0 aliphatic carbocycles. The topological polar surface area (TPSA) is 49.3 Å². The van der Waals surface area contributed by atoms with Crippen LogP contribution >= 0.6 is 0 Å². The van der Waals surface area contributed by atoms with Gasteiger partial charge in [0.15, 0.2) is 0 Å². The van der Waals surface area contributed by atoms with E-state index in [0.717, 1.165) is 55.7 Å². The summed E-state index contributed by atoms with van der Waals surface area (Å²) >= 11 is 0. The lowest BCUT2D eigenvalue weighted by Gasteiger charge is -2.25. The van der Waals surface area contributed by atoms with E-state index in [0.29, 0.717) is 0 Å². The first-order chi connectivity index (χ1) is 11.1. The number of benzene rings is 1. The molecule has 120 valence electrons. The molecule has 1 unspecified atom stereocenters. The zero-order chi connectivity index (χ0) is 16.0. The highest BCUT2D eigenvalue weighted by Crippen LogP contribution is 2.42. The molecule has 4 rings (SSSR count). The van der Waals surface area contributed by atoms with Gasteiger partial charge >= 0.3 is 0 Å². The molecule has 1 spiro atoms. The zero-order valence-corrected chi connectivity index (χ0v) is 13.7. The van der Waals surface area contributed by atoms with Crippen molar-refractivity contribution in [2.75, 3.05) is 31.1 Å². The molecule has 23 heavy (non-hydrogen) atoms. The number of para-hydroxylation sites is 1. The van der Waals surface area contributed by atoms with E-state index in [1.54, 1.807) is 6.92 Å². The molecule has 3 heterocycles. The Morgan fingerprint density at radius 3 is 2.83 bits per heavy atom. The van der Waals surface area contributed by atoms with Crippen molar-refractivity contribution < 1.29 is 4.79 Å². The normalized spacial score (nSPS) is 24.1. The molecule has 1 aromatic carbocycles. The number of likely N-dealkylation sites (tertiary alicyclic amines) is 1. The summed E-state index contributed by atoms with van der Waals surface area (Å²) in [7, 11) is 0. The number of carbonyl (C=O) groups excluding carboxylic acids is 1. The fourth-order valence-corrected chi connectivity index (χ4v) is 4.06. The number of amides is 1. The maximum atomic E-state index is 11.6. The van der Waals surface area contributed by atoms with Gasteiger partial charge in [-0.3, -0.25) is 4.79 Å². The quantitative estimate of drug-likeness (QED) is 0.811. The second-order valence-electron chi connectivity index (χ2n) is 6.99. The molecular weight excluding hydrogens is 288 g/mol. The molecule has 1 aromatic heterocycles. The second-order valence-corrected chi connectivity index (χ2v) is 6.99. The van der Waals surface area contributed by atoms with E-state index in [9.17, 15) is 4.79 Å². The van der Waals surface area contributed by atoms with E-state index in [4.69, 9.17) is 0 Å². The largest absolute Gasteiger partial charge is 0.369 e. The standard InChI is InChI=1S/C18H22N4O/c1-13-19-10-15-4-3-5-16(17(15)20-13)22-9-7-18(12-22)6-8-21(11-18)14(2)23/h3-5,10H,6-9,11-12H2,1-2H3. The summed E-state index contributed by atoms with van der Waals surface area (Å²) in [4.78, 5) is 25.0. The van der Waals surface area contributed by atoms with Crippen LogP contribution in [0.3, 0.4) is 0 Å². The molecule has 0 saturated carbocycles. The Bertz CT molecular complexity index is 775. The number of aryl methyl sites for hydroxylation is 1. The molecule has 2 aliphatic rings. The molecule has 2 aliphatic heterocycles. The predicted molar refractivity (Wildman–Crippen MR) is 90.4 cm³/mol. The summed E-state index contributed by atoms with van der Waals surface area (Å²) in [5.74, 6) is 1.01. The second kappa shape index (κ2) is 5.18. The third-order valence-corrected chi connectivity index (χ3v) is 5.37. The Morgan fingerprint density at radius 2 is 2.04 bits per heavy atom. The summed E-state index contributed by atoms with van der Waals surface area (Å²) in [6.45, 7) is 7.46. The van der Waals surface area contributed by atoms with Gasteiger partial charge in [-0.1, -0.05) is 12.1 Å². The minimum atomic E-state index is 0.203. The van der Waals surface area contributed by atoms with E-state index in [-0.39, 0.29) is 11.3 Å². The summed E-state index contributed by atoms with van der Waals surface area (Å²) in [5, 5.41) is 1.09. The van der Waals surface area contributed by atoms with Crippen LogP contribution in [0.25, 0.3) is 10.9 Å². The fraction of sp³-hybridized carbons (Fsp3) is 0.500. The third kappa shape index (κ3) is 2.44. The van der Waals surface area contributed by atoms with Crippen molar-refractivity contribution in [3.05, 3.63) is 30.2 Å². The number of anilines is 1. The molecule has 2 aromatic rings. The van der Waals surface area contributed by atoms with E-state index < -0.39 is 0 Å². The van der Waals surface area contributed by atoms with Crippen molar-refractivity contribution in [2.45, 2.75) is 26.7 Å². The van der Waals surface area contributed by atoms with E-state index >= 15 is 0 Å². The Kier molecular flexibility index (Phi) is 3.25. The number of rotatable bonds is 1. The van der Waals surface area contributed by atoms with Crippen LogP contribution < -0.4 is 4.90 Å². The first-order valence-electron chi connectivity index (χ1n) is 8.29. The monoisotopic (exact) mass is 310 g/mol. The van der Waals surface area contributed by atoms with Crippen LogP contribution in [0.15, 0.2) is 24.4 Å². The summed E-state index contributed by atoms with van der Waals surface area (Å²) in [5.41, 5.74) is 2.50.